The number of hydrogen-bond donors (Lipinski definition) is 0. The average molecular weight is 180 g/mol. The van der Waals surface area contributed by atoms with Crippen molar-refractivity contribution in [2.24, 2.45) is 21.9 Å². The molecule has 0 saturated carbocycles. The maximum atomic E-state index is 4.35. The average Bonchev–Trinajstić information content (AvgIpc) is 2.03. The molecule has 0 fully saturated rings. The van der Waals surface area contributed by atoms with Gasteiger partial charge in [-0.25, -0.2) is 0 Å². The van der Waals surface area contributed by atoms with Gasteiger partial charge < -0.3 is 4.99 Å². The van der Waals surface area contributed by atoms with Gasteiger partial charge in [0.2, 0.25) is 0 Å². The summed E-state index contributed by atoms with van der Waals surface area (Å²) in [5, 5.41) is 4.10. The summed E-state index contributed by atoms with van der Waals surface area (Å²) in [6.45, 7) is 11.9. The zero-order valence-corrected chi connectivity index (χ0v) is 8.65. The van der Waals surface area contributed by atoms with E-state index in [9.17, 15) is 0 Å². The summed E-state index contributed by atoms with van der Waals surface area (Å²) < 4.78 is 0. The first-order valence-electron chi connectivity index (χ1n) is 4.50. The van der Waals surface area contributed by atoms with Crippen LogP contribution in [-0.2, 0) is 0 Å². The second-order valence-corrected chi connectivity index (χ2v) is 3.71. The van der Waals surface area contributed by atoms with Crippen LogP contribution in [0.2, 0.25) is 0 Å². The topological polar surface area (TPSA) is 41.8 Å². The molecule has 13 heavy (non-hydrogen) atoms. The molecule has 72 valence electrons. The summed E-state index contributed by atoms with van der Waals surface area (Å²) in [6.07, 6.45) is 0. The van der Waals surface area contributed by atoms with Gasteiger partial charge in [0.15, 0.2) is 6.72 Å². The number of hydrazone groups is 1. The Morgan fingerprint density at radius 2 is 1.85 bits per heavy atom. The molecule has 0 aliphatic carbocycles. The van der Waals surface area contributed by atoms with Gasteiger partial charge >= 0.3 is 0 Å². The van der Waals surface area contributed by atoms with Crippen LogP contribution in [0.15, 0.2) is 10.1 Å². The fraction of sp³-hybridized carbons (Fsp3) is 0.667. The normalized spacial score (nSPS) is 17.2. The maximum Gasteiger partial charge on any atom is 0.168 e. The molecular formula is C9H16N4. The highest BCUT2D eigenvalue weighted by atomic mass is 15.6. The van der Waals surface area contributed by atoms with Gasteiger partial charge in [-0.15, -0.1) is 10.5 Å². The van der Waals surface area contributed by atoms with Crippen molar-refractivity contribution in [2.75, 3.05) is 0 Å². The van der Waals surface area contributed by atoms with Crippen molar-refractivity contribution in [1.29, 1.82) is 0 Å². The van der Waals surface area contributed by atoms with Gasteiger partial charge in [-0.3, -0.25) is 0 Å². The molecule has 0 atom stereocenters. The first-order chi connectivity index (χ1) is 6.00. The van der Waals surface area contributed by atoms with Gasteiger partial charge in [-0.2, -0.15) is 0 Å². The highest BCUT2D eigenvalue weighted by Crippen LogP contribution is 2.13. The Kier molecular flexibility index (Phi) is 2.80. The van der Waals surface area contributed by atoms with E-state index in [1.807, 2.05) is 0 Å². The molecule has 0 bridgehead atoms. The van der Waals surface area contributed by atoms with Gasteiger partial charge in [0.1, 0.15) is 0 Å². The molecule has 0 saturated heterocycles. The summed E-state index contributed by atoms with van der Waals surface area (Å²) in [5.41, 5.74) is 4.10. The van der Waals surface area contributed by atoms with Crippen LogP contribution in [0.5, 0.6) is 0 Å². The fourth-order valence-corrected chi connectivity index (χ4v) is 0.910. The first kappa shape index (κ1) is 9.89. The molecule has 0 aromatic rings. The fourth-order valence-electron chi connectivity index (χ4n) is 0.910. The van der Waals surface area contributed by atoms with E-state index in [0.29, 0.717) is 11.8 Å². The molecule has 0 amide bonds. The highest BCUT2D eigenvalue weighted by Gasteiger charge is 2.12. The van der Waals surface area contributed by atoms with Crippen molar-refractivity contribution < 1.29 is 4.79 Å². The zero-order chi connectivity index (χ0) is 10.0. The van der Waals surface area contributed by atoms with Crippen LogP contribution in [-0.4, -0.2) is 23.2 Å². The lowest BCUT2D eigenvalue weighted by atomic mass is 10.1. The van der Waals surface area contributed by atoms with Crippen LogP contribution in [0.3, 0.4) is 0 Å². The zero-order valence-electron chi connectivity index (χ0n) is 8.65. The Morgan fingerprint density at radius 1 is 1.23 bits per heavy atom. The number of aliphatic imine (C=N–C) groups is 1. The second kappa shape index (κ2) is 3.68. The van der Waals surface area contributed by atoms with Gasteiger partial charge in [0.25, 0.3) is 0 Å². The molecule has 0 aromatic carbocycles. The molecule has 0 radical (unpaired) electrons. The van der Waals surface area contributed by atoms with E-state index in [1.165, 1.54) is 4.79 Å². The quantitative estimate of drug-likeness (QED) is 0.583. The molecule has 4 nitrogen and oxygen atoms in total. The standard InChI is InChI=1S/C9H16N4/c1-6(2)8-10-9(7(3)4)12-13(5)11-8/h6-7H,5H2,1-4H3. The molecule has 1 aliphatic rings. The van der Waals surface area contributed by atoms with E-state index in [1.54, 1.807) is 0 Å². The van der Waals surface area contributed by atoms with E-state index >= 15 is 0 Å². The van der Waals surface area contributed by atoms with Crippen molar-refractivity contribution in [3.63, 3.8) is 0 Å². The lowest BCUT2D eigenvalue weighted by molar-refractivity contribution is -0.467. The van der Waals surface area contributed by atoms with Gasteiger partial charge in [-0.05, 0) is 11.8 Å². The van der Waals surface area contributed by atoms with Gasteiger partial charge in [0, 0.05) is 0 Å². The molecule has 0 unspecified atom stereocenters. The van der Waals surface area contributed by atoms with Crippen LogP contribution in [0.1, 0.15) is 27.7 Å². The Balaban J connectivity index is 2.91. The Hall–Kier alpha value is -1.19. The molecule has 1 aliphatic heterocycles. The van der Waals surface area contributed by atoms with Crippen molar-refractivity contribution in [1.82, 2.24) is 0 Å². The molecule has 1 rings (SSSR count). The lowest BCUT2D eigenvalue weighted by Gasteiger charge is -2.21. The smallest absolute Gasteiger partial charge is 0.168 e. The van der Waals surface area contributed by atoms with Crippen molar-refractivity contribution in [3.05, 3.63) is 5.43 Å². The summed E-state index contributed by atoms with van der Waals surface area (Å²) in [5.74, 6) is 2.23. The van der Waals surface area contributed by atoms with Crippen LogP contribution < -0.4 is 0 Å². The Labute approximate surface area is 79.0 Å². The van der Waals surface area contributed by atoms with E-state index in [0.717, 1.165) is 11.7 Å². The summed E-state index contributed by atoms with van der Waals surface area (Å²) >= 11 is 0. The van der Waals surface area contributed by atoms with Crippen molar-refractivity contribution >= 4 is 18.4 Å². The monoisotopic (exact) mass is 180 g/mol. The van der Waals surface area contributed by atoms with E-state index < -0.39 is 0 Å². The predicted octanol–water partition coefficient (Wildman–Crippen LogP) is 2.03. The van der Waals surface area contributed by atoms with Crippen LogP contribution in [0, 0.1) is 11.8 Å². The van der Waals surface area contributed by atoms with E-state index in [4.69, 9.17) is 0 Å². The van der Waals surface area contributed by atoms with Crippen molar-refractivity contribution in [3.8, 4) is 0 Å². The minimum Gasteiger partial charge on any atom is -0.356 e. The second-order valence-electron chi connectivity index (χ2n) is 3.71. The van der Waals surface area contributed by atoms with Crippen LogP contribution >= 0.6 is 0 Å². The summed E-state index contributed by atoms with van der Waals surface area (Å²) in [6, 6.07) is 0. The van der Waals surface area contributed by atoms with Crippen LogP contribution in [0.25, 0.3) is 5.43 Å². The SMILES string of the molecule is C=[N+]1N=C(C(C)C)N=C(C(C)C)[N-]1. The molecule has 4 heteroatoms. The van der Waals surface area contributed by atoms with E-state index in [2.05, 4.69) is 49.9 Å². The number of hydrogen-bond acceptors (Lipinski definition) is 2. The third kappa shape index (κ3) is 2.37. The third-order valence-electron chi connectivity index (χ3n) is 1.70. The number of nitrogens with zero attached hydrogens (tertiary/aromatic N) is 4. The summed E-state index contributed by atoms with van der Waals surface area (Å²) in [7, 11) is 0. The summed E-state index contributed by atoms with van der Waals surface area (Å²) in [4.78, 5) is 5.69. The minimum atomic E-state index is 0.313. The third-order valence-corrected chi connectivity index (χ3v) is 1.70. The van der Waals surface area contributed by atoms with Gasteiger partial charge in [-0.1, -0.05) is 32.5 Å². The lowest BCUT2D eigenvalue weighted by Crippen LogP contribution is -2.22. The van der Waals surface area contributed by atoms with Gasteiger partial charge in [0.05, 0.1) is 11.7 Å². The first-order valence-corrected chi connectivity index (χ1v) is 4.50. The largest absolute Gasteiger partial charge is 0.356 e. The maximum absolute atomic E-state index is 4.35. The van der Waals surface area contributed by atoms with Crippen LogP contribution in [0.4, 0.5) is 0 Å². The predicted molar refractivity (Wildman–Crippen MR) is 55.3 cm³/mol. The molecule has 1 heterocycles. The Bertz CT molecular complexity index is 273. The van der Waals surface area contributed by atoms with E-state index in [-0.39, 0.29) is 0 Å². The molecule has 0 aromatic heterocycles. The minimum absolute atomic E-state index is 0.313. The number of amidine groups is 2. The molecule has 0 spiro atoms. The Morgan fingerprint density at radius 3 is 2.31 bits per heavy atom. The van der Waals surface area contributed by atoms with Crippen molar-refractivity contribution in [2.45, 2.75) is 27.7 Å². The molecular weight excluding hydrogens is 164 g/mol. The molecule has 0 N–H and O–H groups in total. The highest BCUT2D eigenvalue weighted by molar-refractivity contribution is 6.04. The number of rotatable bonds is 2.